The van der Waals surface area contributed by atoms with Gasteiger partial charge in [0.05, 0.1) is 16.3 Å². The normalized spacial score (nSPS) is 12.5. The lowest BCUT2D eigenvalue weighted by Gasteiger charge is -2.01. The summed E-state index contributed by atoms with van der Waals surface area (Å²) in [5.74, 6) is 1.38. The Morgan fingerprint density at radius 3 is 2.55 bits per heavy atom. The molecule has 3 aromatic carbocycles. The number of ether oxygens (including phenoxy) is 2. The summed E-state index contributed by atoms with van der Waals surface area (Å²) in [7, 11) is 0. The lowest BCUT2D eigenvalue weighted by atomic mass is 10.1. The molecule has 8 nitrogen and oxygen atoms in total. The van der Waals surface area contributed by atoms with Gasteiger partial charge in [0, 0.05) is 17.5 Å². The molecular formula is C23H15N3O5. The molecule has 0 saturated carbocycles. The number of hydrogen-bond donors (Lipinski definition) is 0. The Morgan fingerprint density at radius 1 is 0.968 bits per heavy atom. The maximum atomic E-state index is 12.7. The third-order valence-corrected chi connectivity index (χ3v) is 4.94. The van der Waals surface area contributed by atoms with Gasteiger partial charge in [0.1, 0.15) is 5.52 Å². The van der Waals surface area contributed by atoms with Crippen LogP contribution < -0.4 is 14.9 Å². The zero-order valence-corrected chi connectivity index (χ0v) is 16.1. The quantitative estimate of drug-likeness (QED) is 0.368. The molecule has 1 aliphatic heterocycles. The fourth-order valence-corrected chi connectivity index (χ4v) is 3.44. The van der Waals surface area contributed by atoms with E-state index in [4.69, 9.17) is 9.47 Å². The summed E-state index contributed by atoms with van der Waals surface area (Å²) in [6.07, 6.45) is 3.70. The monoisotopic (exact) mass is 413 g/mol. The highest BCUT2D eigenvalue weighted by atomic mass is 16.7. The highest BCUT2D eigenvalue weighted by Crippen LogP contribution is 2.33. The van der Waals surface area contributed by atoms with E-state index in [2.05, 4.69) is 5.10 Å². The van der Waals surface area contributed by atoms with Crippen LogP contribution in [0.5, 0.6) is 11.5 Å². The number of nitrogens with zero attached hydrogens (tertiary/aromatic N) is 3. The Morgan fingerprint density at radius 2 is 1.74 bits per heavy atom. The molecule has 0 aliphatic carbocycles. The largest absolute Gasteiger partial charge is 0.454 e. The number of fused-ring (bicyclic) bond motifs is 2. The Kier molecular flexibility index (Phi) is 4.44. The number of benzene rings is 2. The van der Waals surface area contributed by atoms with Crippen molar-refractivity contribution in [3.8, 4) is 17.2 Å². The molecule has 8 heteroatoms. The summed E-state index contributed by atoms with van der Waals surface area (Å²) in [5.41, 5.74) is 2.21. The molecule has 0 amide bonds. The van der Waals surface area contributed by atoms with E-state index >= 15 is 0 Å². The lowest BCUT2D eigenvalue weighted by molar-refractivity contribution is -0.384. The molecule has 0 saturated heterocycles. The van der Waals surface area contributed by atoms with Gasteiger partial charge in [0.25, 0.3) is 5.69 Å². The Hall–Kier alpha value is -4.46. The van der Waals surface area contributed by atoms with Gasteiger partial charge in [0.15, 0.2) is 11.5 Å². The van der Waals surface area contributed by atoms with Gasteiger partial charge in [0.2, 0.25) is 12.2 Å². The van der Waals surface area contributed by atoms with Crippen molar-refractivity contribution in [2.45, 2.75) is 0 Å². The lowest BCUT2D eigenvalue weighted by Crippen LogP contribution is -2.05. The molecule has 0 atom stereocenters. The molecule has 5 rings (SSSR count). The molecule has 0 bridgehead atoms. The van der Waals surface area contributed by atoms with E-state index in [-0.39, 0.29) is 17.9 Å². The van der Waals surface area contributed by atoms with E-state index in [0.29, 0.717) is 33.8 Å². The average Bonchev–Trinajstić information content (AvgIpc) is 3.34. The Balaban J connectivity index is 1.62. The molecule has 4 aromatic rings. The van der Waals surface area contributed by atoms with Crippen LogP contribution in [0.2, 0.25) is 0 Å². The van der Waals surface area contributed by atoms with Gasteiger partial charge in [-0.3, -0.25) is 14.9 Å². The molecule has 0 N–H and O–H groups in total. The van der Waals surface area contributed by atoms with Crippen molar-refractivity contribution in [3.05, 3.63) is 98.3 Å². The molecule has 2 heterocycles. The van der Waals surface area contributed by atoms with E-state index in [0.717, 1.165) is 5.56 Å². The topological polar surface area (TPSA) is 96.5 Å². The highest BCUT2D eigenvalue weighted by molar-refractivity contribution is 5.90. The molecule has 1 aromatic heterocycles. The van der Waals surface area contributed by atoms with Crippen LogP contribution in [0.1, 0.15) is 11.3 Å². The van der Waals surface area contributed by atoms with Crippen molar-refractivity contribution in [3.63, 3.8) is 0 Å². The van der Waals surface area contributed by atoms with E-state index in [1.165, 1.54) is 22.9 Å². The molecule has 0 unspecified atom stereocenters. The molecule has 0 spiro atoms. The Bertz CT molecular complexity index is 1410. The number of hydrogen-bond acceptors (Lipinski definition) is 6. The second-order valence-corrected chi connectivity index (χ2v) is 6.86. The summed E-state index contributed by atoms with van der Waals surface area (Å²) in [4.78, 5) is 23.2. The van der Waals surface area contributed by atoms with E-state index in [9.17, 15) is 14.9 Å². The summed E-state index contributed by atoms with van der Waals surface area (Å²) < 4.78 is 12.3. The van der Waals surface area contributed by atoms with E-state index < -0.39 is 4.92 Å². The van der Waals surface area contributed by atoms with Crippen LogP contribution in [0, 0.1) is 10.1 Å². The predicted molar refractivity (Wildman–Crippen MR) is 115 cm³/mol. The van der Waals surface area contributed by atoms with Crippen LogP contribution >= 0.6 is 0 Å². The van der Waals surface area contributed by atoms with Gasteiger partial charge >= 0.3 is 0 Å². The summed E-state index contributed by atoms with van der Waals surface area (Å²) >= 11 is 0. The van der Waals surface area contributed by atoms with Crippen molar-refractivity contribution >= 4 is 28.7 Å². The van der Waals surface area contributed by atoms with Gasteiger partial charge in [-0.1, -0.05) is 30.3 Å². The van der Waals surface area contributed by atoms with Gasteiger partial charge in [-0.15, -0.1) is 0 Å². The first-order valence-corrected chi connectivity index (χ1v) is 9.45. The zero-order valence-electron chi connectivity index (χ0n) is 16.1. The molecule has 1 aliphatic rings. The minimum atomic E-state index is -0.469. The SMILES string of the molecule is O=c1ccccc2c(/C=C/c3ccc4c(c3)OCO4)nn(-c3ccc([N+](=O)[O-])cc3)c12. The van der Waals surface area contributed by atoms with Crippen LogP contribution in [-0.2, 0) is 0 Å². The van der Waals surface area contributed by atoms with Crippen molar-refractivity contribution in [2.24, 2.45) is 0 Å². The summed E-state index contributed by atoms with van der Waals surface area (Å²) in [5, 5.41) is 16.2. The Labute approximate surface area is 175 Å². The fourth-order valence-electron chi connectivity index (χ4n) is 3.44. The van der Waals surface area contributed by atoms with Crippen LogP contribution in [0.25, 0.3) is 28.7 Å². The van der Waals surface area contributed by atoms with Gasteiger partial charge in [-0.2, -0.15) is 5.10 Å². The van der Waals surface area contributed by atoms with E-state index in [1.54, 1.807) is 24.3 Å². The third kappa shape index (κ3) is 3.40. The molecule has 31 heavy (non-hydrogen) atoms. The van der Waals surface area contributed by atoms with Crippen LogP contribution in [-0.4, -0.2) is 21.5 Å². The smallest absolute Gasteiger partial charge is 0.269 e. The van der Waals surface area contributed by atoms with Crippen molar-refractivity contribution in [1.82, 2.24) is 9.78 Å². The van der Waals surface area contributed by atoms with Gasteiger partial charge < -0.3 is 9.47 Å². The maximum absolute atomic E-state index is 12.7. The first-order chi connectivity index (χ1) is 15.1. The highest BCUT2D eigenvalue weighted by Gasteiger charge is 2.15. The first-order valence-electron chi connectivity index (χ1n) is 9.45. The molecule has 0 fully saturated rings. The van der Waals surface area contributed by atoms with E-state index in [1.807, 2.05) is 36.4 Å². The number of non-ortho nitro benzene ring substituents is 1. The van der Waals surface area contributed by atoms with Gasteiger partial charge in [-0.05, 0) is 42.0 Å². The number of nitro benzene ring substituents is 1. The fraction of sp³-hybridized carbons (Fsp3) is 0.0435. The van der Waals surface area contributed by atoms with Crippen molar-refractivity contribution in [1.29, 1.82) is 0 Å². The zero-order chi connectivity index (χ0) is 21.4. The molecule has 0 radical (unpaired) electrons. The first kappa shape index (κ1) is 18.6. The van der Waals surface area contributed by atoms with Gasteiger partial charge in [-0.25, -0.2) is 4.68 Å². The maximum Gasteiger partial charge on any atom is 0.269 e. The molecular weight excluding hydrogens is 398 g/mol. The minimum Gasteiger partial charge on any atom is -0.454 e. The second kappa shape index (κ2) is 7.42. The van der Waals surface area contributed by atoms with Crippen LogP contribution in [0.3, 0.4) is 0 Å². The van der Waals surface area contributed by atoms with Crippen LogP contribution in [0.15, 0.2) is 71.5 Å². The second-order valence-electron chi connectivity index (χ2n) is 6.86. The average molecular weight is 413 g/mol. The number of nitro groups is 1. The van der Waals surface area contributed by atoms with Crippen molar-refractivity contribution < 1.29 is 14.4 Å². The number of rotatable bonds is 4. The third-order valence-electron chi connectivity index (χ3n) is 4.94. The summed E-state index contributed by atoms with van der Waals surface area (Å²) in [6, 6.07) is 18.3. The minimum absolute atomic E-state index is 0.0314. The van der Waals surface area contributed by atoms with Crippen molar-refractivity contribution in [2.75, 3.05) is 6.79 Å². The standard InChI is InChI=1S/C23H15N3O5/c27-20-4-2-1-3-18-19(11-5-15-6-12-21-22(13-15)31-14-30-21)24-25(23(18)20)16-7-9-17(10-8-16)26(28)29/h1-13H,14H2/b11-5+. The summed E-state index contributed by atoms with van der Waals surface area (Å²) in [6.45, 7) is 0.204. The predicted octanol–water partition coefficient (Wildman–Crippen LogP) is 4.19. The number of aromatic nitrogens is 2. The van der Waals surface area contributed by atoms with Crippen LogP contribution in [0.4, 0.5) is 5.69 Å². The molecule has 152 valence electrons.